The van der Waals surface area contributed by atoms with Gasteiger partial charge >= 0.3 is 5.97 Å². The van der Waals surface area contributed by atoms with Gasteiger partial charge in [0.1, 0.15) is 0 Å². The number of nitrogens with zero attached hydrogens (tertiary/aromatic N) is 1. The summed E-state index contributed by atoms with van der Waals surface area (Å²) in [6, 6.07) is 2.88. The van der Waals surface area contributed by atoms with Crippen molar-refractivity contribution in [3.63, 3.8) is 0 Å². The van der Waals surface area contributed by atoms with Gasteiger partial charge in [-0.05, 0) is 36.6 Å². The van der Waals surface area contributed by atoms with Gasteiger partial charge in [-0.15, -0.1) is 0 Å². The van der Waals surface area contributed by atoms with Crippen LogP contribution in [-0.2, 0) is 20.7 Å². The molecule has 1 aliphatic heterocycles. The minimum absolute atomic E-state index is 0.154. The molecular formula is C16H21NO5. The second-order valence-electron chi connectivity index (χ2n) is 5.02. The molecule has 120 valence electrons. The molecule has 1 aliphatic rings. The Morgan fingerprint density at radius 3 is 2.41 bits per heavy atom. The molecule has 0 saturated heterocycles. The summed E-state index contributed by atoms with van der Waals surface area (Å²) in [5.41, 5.74) is 1.70. The number of hydrogen-bond donors (Lipinski definition) is 0. The van der Waals surface area contributed by atoms with E-state index in [-0.39, 0.29) is 12.5 Å². The summed E-state index contributed by atoms with van der Waals surface area (Å²) in [5.74, 6) is 0.561. The van der Waals surface area contributed by atoms with E-state index >= 15 is 0 Å². The average Bonchev–Trinajstić information content (AvgIpc) is 2.52. The van der Waals surface area contributed by atoms with Crippen LogP contribution in [0.15, 0.2) is 12.1 Å². The average molecular weight is 307 g/mol. The topological polar surface area (TPSA) is 65.1 Å². The van der Waals surface area contributed by atoms with Crippen molar-refractivity contribution in [3.05, 3.63) is 23.3 Å². The summed E-state index contributed by atoms with van der Waals surface area (Å²) in [6.07, 6.45) is 0.658. The second kappa shape index (κ2) is 6.68. The van der Waals surface area contributed by atoms with Crippen molar-refractivity contribution in [1.82, 2.24) is 4.90 Å². The number of hydrogen-bond acceptors (Lipinski definition) is 5. The van der Waals surface area contributed by atoms with Crippen molar-refractivity contribution in [3.8, 4) is 11.5 Å². The van der Waals surface area contributed by atoms with Gasteiger partial charge in [0.2, 0.25) is 5.91 Å². The highest BCUT2D eigenvalue weighted by Crippen LogP contribution is 2.38. The van der Waals surface area contributed by atoms with Crippen LogP contribution >= 0.6 is 0 Å². The Labute approximate surface area is 129 Å². The van der Waals surface area contributed by atoms with E-state index in [1.165, 1.54) is 18.9 Å². The van der Waals surface area contributed by atoms with Crippen LogP contribution in [0.3, 0.4) is 0 Å². The van der Waals surface area contributed by atoms with Gasteiger partial charge in [0.25, 0.3) is 0 Å². The first kappa shape index (κ1) is 16.1. The fourth-order valence-electron chi connectivity index (χ4n) is 2.76. The summed E-state index contributed by atoms with van der Waals surface area (Å²) in [5, 5.41) is 0. The van der Waals surface area contributed by atoms with Crippen LogP contribution < -0.4 is 9.47 Å². The molecule has 0 radical (unpaired) electrons. The highest BCUT2D eigenvalue weighted by molar-refractivity contribution is 5.85. The van der Waals surface area contributed by atoms with Crippen molar-refractivity contribution in [2.75, 3.05) is 27.4 Å². The van der Waals surface area contributed by atoms with Crippen LogP contribution in [0.2, 0.25) is 0 Å². The zero-order valence-electron chi connectivity index (χ0n) is 13.3. The normalized spacial score (nSPS) is 16.7. The highest BCUT2D eigenvalue weighted by Gasteiger charge is 2.36. The Bertz CT molecular complexity index is 584. The Hall–Kier alpha value is -2.24. The summed E-state index contributed by atoms with van der Waals surface area (Å²) >= 11 is 0. The summed E-state index contributed by atoms with van der Waals surface area (Å²) < 4.78 is 15.7. The summed E-state index contributed by atoms with van der Waals surface area (Å²) in [7, 11) is 3.10. The molecule has 6 nitrogen and oxygen atoms in total. The quantitative estimate of drug-likeness (QED) is 0.792. The minimum Gasteiger partial charge on any atom is -0.493 e. The summed E-state index contributed by atoms with van der Waals surface area (Å²) in [4.78, 5) is 25.7. The van der Waals surface area contributed by atoms with E-state index in [1.54, 1.807) is 20.1 Å². The van der Waals surface area contributed by atoms with Gasteiger partial charge < -0.3 is 19.1 Å². The third-order valence-corrected chi connectivity index (χ3v) is 3.79. The molecule has 0 fully saturated rings. The standard InChI is InChI=1S/C16H21NO5/c1-5-22-16(19)15-12-9-14(21-4)13(20-3)8-11(12)6-7-17(15)10(2)18/h8-9,15H,5-7H2,1-4H3/t15-/m1/s1. The van der Waals surface area contributed by atoms with Crippen LogP contribution in [0, 0.1) is 0 Å². The van der Waals surface area contributed by atoms with Crippen molar-refractivity contribution in [2.45, 2.75) is 26.3 Å². The van der Waals surface area contributed by atoms with Gasteiger partial charge in [0, 0.05) is 13.5 Å². The zero-order chi connectivity index (χ0) is 16.3. The molecule has 1 heterocycles. The fraction of sp³-hybridized carbons (Fsp3) is 0.500. The van der Waals surface area contributed by atoms with Crippen molar-refractivity contribution < 1.29 is 23.8 Å². The molecule has 1 atom stereocenters. The minimum atomic E-state index is -0.735. The zero-order valence-corrected chi connectivity index (χ0v) is 13.3. The van der Waals surface area contributed by atoms with E-state index in [9.17, 15) is 9.59 Å². The number of benzene rings is 1. The number of amides is 1. The Kier molecular flexibility index (Phi) is 4.90. The van der Waals surface area contributed by atoms with Crippen LogP contribution in [0.4, 0.5) is 0 Å². The molecule has 22 heavy (non-hydrogen) atoms. The maximum atomic E-state index is 12.3. The largest absolute Gasteiger partial charge is 0.493 e. The first-order valence-corrected chi connectivity index (χ1v) is 7.22. The van der Waals surface area contributed by atoms with E-state index in [0.29, 0.717) is 24.5 Å². The molecule has 0 saturated carbocycles. The van der Waals surface area contributed by atoms with Gasteiger partial charge in [-0.25, -0.2) is 4.79 Å². The molecule has 0 unspecified atom stereocenters. The molecule has 0 bridgehead atoms. The number of esters is 1. The van der Waals surface area contributed by atoms with E-state index in [0.717, 1.165) is 11.1 Å². The van der Waals surface area contributed by atoms with E-state index in [1.807, 2.05) is 6.07 Å². The molecule has 0 aromatic heterocycles. The van der Waals surface area contributed by atoms with E-state index in [2.05, 4.69) is 0 Å². The maximum Gasteiger partial charge on any atom is 0.333 e. The highest BCUT2D eigenvalue weighted by atomic mass is 16.5. The predicted molar refractivity (Wildman–Crippen MR) is 80.0 cm³/mol. The van der Waals surface area contributed by atoms with Crippen LogP contribution in [0.5, 0.6) is 11.5 Å². The lowest BCUT2D eigenvalue weighted by Gasteiger charge is -2.35. The Balaban J connectivity index is 2.53. The first-order chi connectivity index (χ1) is 10.5. The number of rotatable bonds is 4. The molecule has 0 spiro atoms. The molecular weight excluding hydrogens is 286 g/mol. The van der Waals surface area contributed by atoms with Gasteiger partial charge in [0.05, 0.1) is 20.8 Å². The van der Waals surface area contributed by atoms with Crippen molar-refractivity contribution in [1.29, 1.82) is 0 Å². The number of ether oxygens (including phenoxy) is 3. The van der Waals surface area contributed by atoms with E-state index < -0.39 is 12.0 Å². The van der Waals surface area contributed by atoms with Crippen LogP contribution in [0.25, 0.3) is 0 Å². The number of fused-ring (bicyclic) bond motifs is 1. The number of carbonyl (C=O) groups is 2. The summed E-state index contributed by atoms with van der Waals surface area (Å²) in [6.45, 7) is 3.94. The monoisotopic (exact) mass is 307 g/mol. The van der Waals surface area contributed by atoms with Gasteiger partial charge in [-0.3, -0.25) is 4.79 Å². The lowest BCUT2D eigenvalue weighted by Crippen LogP contribution is -2.43. The predicted octanol–water partition coefficient (Wildman–Crippen LogP) is 1.71. The molecule has 0 N–H and O–H groups in total. The molecule has 1 amide bonds. The van der Waals surface area contributed by atoms with Crippen molar-refractivity contribution in [2.24, 2.45) is 0 Å². The van der Waals surface area contributed by atoms with Crippen LogP contribution in [0.1, 0.15) is 31.0 Å². The number of carbonyl (C=O) groups excluding carboxylic acids is 2. The molecule has 0 aliphatic carbocycles. The third kappa shape index (κ3) is 2.86. The van der Waals surface area contributed by atoms with Gasteiger partial charge in [-0.1, -0.05) is 0 Å². The lowest BCUT2D eigenvalue weighted by molar-refractivity contribution is -0.155. The lowest BCUT2D eigenvalue weighted by atomic mass is 9.91. The second-order valence-corrected chi connectivity index (χ2v) is 5.02. The molecule has 1 aromatic rings. The Morgan fingerprint density at radius 2 is 1.86 bits per heavy atom. The number of methoxy groups -OCH3 is 2. The van der Waals surface area contributed by atoms with Crippen LogP contribution in [-0.4, -0.2) is 44.1 Å². The molecule has 1 aromatic carbocycles. The maximum absolute atomic E-state index is 12.3. The molecule has 6 heteroatoms. The van der Waals surface area contributed by atoms with Gasteiger partial charge in [-0.2, -0.15) is 0 Å². The first-order valence-electron chi connectivity index (χ1n) is 7.22. The smallest absolute Gasteiger partial charge is 0.333 e. The van der Waals surface area contributed by atoms with E-state index in [4.69, 9.17) is 14.2 Å². The third-order valence-electron chi connectivity index (χ3n) is 3.79. The molecule has 2 rings (SSSR count). The fourth-order valence-corrected chi connectivity index (χ4v) is 2.76. The van der Waals surface area contributed by atoms with Crippen molar-refractivity contribution >= 4 is 11.9 Å². The van der Waals surface area contributed by atoms with Gasteiger partial charge in [0.15, 0.2) is 17.5 Å². The Morgan fingerprint density at radius 1 is 1.23 bits per heavy atom. The SMILES string of the molecule is CCOC(=O)[C@H]1c2cc(OC)c(OC)cc2CCN1C(C)=O.